The predicted octanol–water partition coefficient (Wildman–Crippen LogP) is 4.36. The molecular formula is C22H19BrN4O4. The molecule has 1 amide bonds. The maximum atomic E-state index is 13.3. The largest absolute Gasteiger partial charge is 0.362 e. The van der Waals surface area contributed by atoms with Crippen LogP contribution in [0, 0.1) is 10.1 Å². The lowest BCUT2D eigenvalue weighted by molar-refractivity contribution is -0.384. The molecule has 2 aromatic rings. The lowest BCUT2D eigenvalue weighted by Gasteiger charge is -2.34. The van der Waals surface area contributed by atoms with Crippen molar-refractivity contribution in [3.63, 3.8) is 0 Å². The van der Waals surface area contributed by atoms with E-state index in [1.807, 2.05) is 0 Å². The number of nitrogens with zero attached hydrogens (tertiary/aromatic N) is 2. The third kappa shape index (κ3) is 4.13. The second kappa shape index (κ2) is 8.43. The average Bonchev–Trinajstić information content (AvgIpc) is 2.74. The monoisotopic (exact) mass is 482 g/mol. The second-order valence-electron chi connectivity index (χ2n) is 7.43. The van der Waals surface area contributed by atoms with E-state index in [0.29, 0.717) is 41.1 Å². The van der Waals surface area contributed by atoms with Crippen molar-refractivity contribution in [1.82, 2.24) is 10.3 Å². The van der Waals surface area contributed by atoms with E-state index in [2.05, 4.69) is 31.5 Å². The number of halogens is 1. The molecule has 2 aliphatic rings. The molecule has 0 bridgehead atoms. The van der Waals surface area contributed by atoms with E-state index in [1.165, 1.54) is 12.1 Å². The number of carbonyl (C=O) groups excluding carboxylic acids is 2. The highest BCUT2D eigenvalue weighted by Gasteiger charge is 2.38. The van der Waals surface area contributed by atoms with Crippen LogP contribution in [0.4, 0.5) is 11.5 Å². The summed E-state index contributed by atoms with van der Waals surface area (Å²) >= 11 is 3.31. The Morgan fingerprint density at radius 3 is 2.81 bits per heavy atom. The minimum Gasteiger partial charge on any atom is -0.362 e. The number of pyridine rings is 1. The van der Waals surface area contributed by atoms with Crippen LogP contribution in [0.3, 0.4) is 0 Å². The van der Waals surface area contributed by atoms with Crippen LogP contribution in [0.5, 0.6) is 0 Å². The number of nitro groups is 1. The van der Waals surface area contributed by atoms with E-state index in [4.69, 9.17) is 0 Å². The number of nitrogens with one attached hydrogen (secondary N) is 2. The molecule has 158 valence electrons. The van der Waals surface area contributed by atoms with Crippen LogP contribution < -0.4 is 10.6 Å². The van der Waals surface area contributed by atoms with E-state index in [-0.39, 0.29) is 11.5 Å². The molecule has 8 nitrogen and oxygen atoms in total. The van der Waals surface area contributed by atoms with Gasteiger partial charge in [-0.25, -0.2) is 4.98 Å². The number of anilines is 1. The van der Waals surface area contributed by atoms with Crippen molar-refractivity contribution >= 4 is 39.1 Å². The van der Waals surface area contributed by atoms with E-state index in [0.717, 1.165) is 16.6 Å². The van der Waals surface area contributed by atoms with Gasteiger partial charge in [0.15, 0.2) is 5.78 Å². The van der Waals surface area contributed by atoms with Gasteiger partial charge in [0.05, 0.1) is 4.92 Å². The number of dihydropyridines is 1. The Morgan fingerprint density at radius 1 is 1.29 bits per heavy atom. The summed E-state index contributed by atoms with van der Waals surface area (Å²) in [4.78, 5) is 41.3. The standard InChI is InChI=1S/C22H19BrN4O4/c1-12-19(22(29)26-18-9-8-14(23)11-24-18)20(13-4-2-5-15(10-13)27(30)31)21-16(25-12)6-3-7-17(21)28/h2,4-5,8-11,20,25H,3,6-7H2,1H3,(H,24,26,29)/t20-/m0/s1. The molecule has 0 fully saturated rings. The molecule has 9 heteroatoms. The number of hydrogen-bond acceptors (Lipinski definition) is 6. The Balaban J connectivity index is 1.80. The first kappa shape index (κ1) is 20.9. The Morgan fingerprint density at radius 2 is 2.10 bits per heavy atom. The zero-order valence-corrected chi connectivity index (χ0v) is 18.2. The fraction of sp³-hybridized carbons (Fsp3) is 0.227. The summed E-state index contributed by atoms with van der Waals surface area (Å²) < 4.78 is 0.775. The summed E-state index contributed by atoms with van der Waals surface area (Å²) in [5.41, 5.74) is 2.69. The number of aromatic nitrogens is 1. The quantitative estimate of drug-likeness (QED) is 0.494. The van der Waals surface area contributed by atoms with Crippen molar-refractivity contribution in [3.05, 3.63) is 85.3 Å². The van der Waals surface area contributed by atoms with Gasteiger partial charge in [0.25, 0.3) is 11.6 Å². The van der Waals surface area contributed by atoms with Crippen LogP contribution in [-0.2, 0) is 9.59 Å². The van der Waals surface area contributed by atoms with Crippen LogP contribution in [0.2, 0.25) is 0 Å². The number of carbonyl (C=O) groups is 2. The van der Waals surface area contributed by atoms with Gasteiger partial charge in [-0.05, 0) is 53.4 Å². The summed E-state index contributed by atoms with van der Waals surface area (Å²) in [5, 5.41) is 17.4. The molecule has 1 aliphatic carbocycles. The summed E-state index contributed by atoms with van der Waals surface area (Å²) in [7, 11) is 0. The maximum Gasteiger partial charge on any atom is 0.269 e. The molecule has 0 saturated heterocycles. The summed E-state index contributed by atoms with van der Waals surface area (Å²) in [5.74, 6) is -0.800. The fourth-order valence-electron chi connectivity index (χ4n) is 4.07. The van der Waals surface area contributed by atoms with Gasteiger partial charge >= 0.3 is 0 Å². The lowest BCUT2D eigenvalue weighted by atomic mass is 9.75. The van der Waals surface area contributed by atoms with Gasteiger partial charge < -0.3 is 10.6 Å². The molecule has 1 aliphatic heterocycles. The zero-order valence-electron chi connectivity index (χ0n) is 16.6. The van der Waals surface area contributed by atoms with Gasteiger partial charge in [0, 0.05) is 57.7 Å². The number of rotatable bonds is 4. The Hall–Kier alpha value is -3.33. The smallest absolute Gasteiger partial charge is 0.269 e. The third-order valence-electron chi connectivity index (χ3n) is 5.40. The first-order valence-corrected chi connectivity index (χ1v) is 10.6. The topological polar surface area (TPSA) is 114 Å². The minimum atomic E-state index is -0.695. The van der Waals surface area contributed by atoms with Gasteiger partial charge in [-0.2, -0.15) is 0 Å². The second-order valence-corrected chi connectivity index (χ2v) is 8.35. The SMILES string of the molecule is CC1=C(C(=O)Nc2ccc(Br)cn2)[C@H](c2cccc([N+](=O)[O-])c2)C2=C(CCCC2=O)N1. The van der Waals surface area contributed by atoms with Crippen LogP contribution in [0.25, 0.3) is 0 Å². The van der Waals surface area contributed by atoms with E-state index in [1.54, 1.807) is 37.4 Å². The molecule has 0 spiro atoms. The Bertz CT molecular complexity index is 1150. The lowest BCUT2D eigenvalue weighted by Crippen LogP contribution is -2.35. The van der Waals surface area contributed by atoms with Crippen molar-refractivity contribution in [3.8, 4) is 0 Å². The molecule has 1 atom stereocenters. The first-order chi connectivity index (χ1) is 14.8. The molecule has 1 aromatic carbocycles. The Labute approximate surface area is 186 Å². The van der Waals surface area contributed by atoms with Gasteiger partial charge in [0.1, 0.15) is 5.82 Å². The molecule has 2 heterocycles. The van der Waals surface area contributed by atoms with Crippen LogP contribution in [0.1, 0.15) is 37.7 Å². The Kier molecular flexibility index (Phi) is 5.69. The number of nitro benzene ring substituents is 1. The van der Waals surface area contributed by atoms with Crippen molar-refractivity contribution in [2.45, 2.75) is 32.1 Å². The highest BCUT2D eigenvalue weighted by molar-refractivity contribution is 9.10. The molecule has 0 saturated carbocycles. The van der Waals surface area contributed by atoms with Crippen molar-refractivity contribution < 1.29 is 14.5 Å². The van der Waals surface area contributed by atoms with Crippen LogP contribution in [0.15, 0.2) is 69.6 Å². The number of benzene rings is 1. The van der Waals surface area contributed by atoms with E-state index >= 15 is 0 Å². The molecule has 0 radical (unpaired) electrons. The van der Waals surface area contributed by atoms with E-state index < -0.39 is 16.7 Å². The summed E-state index contributed by atoms with van der Waals surface area (Å²) in [6.45, 7) is 1.77. The summed E-state index contributed by atoms with van der Waals surface area (Å²) in [6.07, 6.45) is 3.37. The van der Waals surface area contributed by atoms with Crippen molar-refractivity contribution in [1.29, 1.82) is 0 Å². The molecule has 0 unspecified atom stereocenters. The number of ketones is 1. The fourth-order valence-corrected chi connectivity index (χ4v) is 4.30. The number of hydrogen-bond donors (Lipinski definition) is 2. The summed E-state index contributed by atoms with van der Waals surface area (Å²) in [6, 6.07) is 9.53. The van der Waals surface area contributed by atoms with E-state index in [9.17, 15) is 19.7 Å². The minimum absolute atomic E-state index is 0.0511. The number of amides is 1. The first-order valence-electron chi connectivity index (χ1n) is 9.76. The van der Waals surface area contributed by atoms with Crippen molar-refractivity contribution in [2.75, 3.05) is 5.32 Å². The van der Waals surface area contributed by atoms with Crippen LogP contribution in [-0.4, -0.2) is 21.6 Å². The van der Waals surface area contributed by atoms with Gasteiger partial charge in [-0.15, -0.1) is 0 Å². The molecule has 2 N–H and O–H groups in total. The predicted molar refractivity (Wildman–Crippen MR) is 118 cm³/mol. The normalized spacial score (nSPS) is 18.4. The third-order valence-corrected chi connectivity index (χ3v) is 5.87. The molecule has 1 aromatic heterocycles. The highest BCUT2D eigenvalue weighted by Crippen LogP contribution is 2.43. The van der Waals surface area contributed by atoms with Gasteiger partial charge in [-0.1, -0.05) is 12.1 Å². The molecule has 31 heavy (non-hydrogen) atoms. The van der Waals surface area contributed by atoms with Gasteiger partial charge in [-0.3, -0.25) is 19.7 Å². The number of non-ortho nitro benzene ring substituents is 1. The number of allylic oxidation sites excluding steroid dienone is 3. The maximum absolute atomic E-state index is 13.3. The van der Waals surface area contributed by atoms with Crippen LogP contribution >= 0.6 is 15.9 Å². The van der Waals surface area contributed by atoms with Gasteiger partial charge in [0.2, 0.25) is 0 Å². The number of Topliss-reactive ketones (excluding diaryl/α,β-unsaturated/α-hetero) is 1. The highest BCUT2D eigenvalue weighted by atomic mass is 79.9. The molecular weight excluding hydrogens is 464 g/mol. The zero-order chi connectivity index (χ0) is 22.1. The van der Waals surface area contributed by atoms with Crippen molar-refractivity contribution in [2.24, 2.45) is 0 Å². The average molecular weight is 483 g/mol. The molecule has 4 rings (SSSR count).